The van der Waals surface area contributed by atoms with E-state index in [0.29, 0.717) is 10.5 Å². The van der Waals surface area contributed by atoms with Crippen LogP contribution >= 0.6 is 23.4 Å². The van der Waals surface area contributed by atoms with Crippen LogP contribution in [0, 0.1) is 10.1 Å². The molecule has 0 saturated carbocycles. The van der Waals surface area contributed by atoms with Crippen molar-refractivity contribution in [3.63, 3.8) is 0 Å². The minimum atomic E-state index is -0.607. The van der Waals surface area contributed by atoms with Crippen molar-refractivity contribution in [3.05, 3.63) is 33.9 Å². The molecular weight excluding hydrogens is 226 g/mol. The molecule has 0 heterocycles. The van der Waals surface area contributed by atoms with E-state index < -0.39 is 10.2 Å². The largest absolute Gasteiger partial charge is 0.276 e. The van der Waals surface area contributed by atoms with Gasteiger partial charge in [0.15, 0.2) is 0 Å². The van der Waals surface area contributed by atoms with E-state index in [2.05, 4.69) is 0 Å². The summed E-state index contributed by atoms with van der Waals surface area (Å²) in [6.45, 7) is 0. The first-order chi connectivity index (χ1) is 6.56. The molecule has 0 N–H and O–H groups in total. The second kappa shape index (κ2) is 4.43. The van der Waals surface area contributed by atoms with Gasteiger partial charge in [0.05, 0.1) is 4.92 Å². The summed E-state index contributed by atoms with van der Waals surface area (Å²) < 4.78 is 0. The molecule has 0 spiro atoms. The lowest BCUT2D eigenvalue weighted by atomic mass is 10.2. The SMILES string of the molecule is CSc1cc([N+](=O)[O-])ccc1C(=O)Cl. The van der Waals surface area contributed by atoms with Crippen molar-refractivity contribution in [2.75, 3.05) is 6.26 Å². The van der Waals surface area contributed by atoms with Crippen LogP contribution in [0.1, 0.15) is 10.4 Å². The lowest BCUT2D eigenvalue weighted by Gasteiger charge is -2.01. The number of nitro groups is 1. The monoisotopic (exact) mass is 231 g/mol. The second-order valence-electron chi connectivity index (χ2n) is 2.42. The standard InChI is InChI=1S/C8H6ClNO3S/c1-14-7-4-5(10(12)13)2-3-6(7)8(9)11/h2-4H,1H3. The predicted molar refractivity (Wildman–Crippen MR) is 55.1 cm³/mol. The summed E-state index contributed by atoms with van der Waals surface area (Å²) in [5.41, 5.74) is 0.251. The van der Waals surface area contributed by atoms with Crippen LogP contribution in [0.2, 0.25) is 0 Å². The highest BCUT2D eigenvalue weighted by Gasteiger charge is 2.13. The molecular formula is C8H6ClNO3S. The number of nitrogens with zero attached hydrogens (tertiary/aromatic N) is 1. The average Bonchev–Trinajstić information content (AvgIpc) is 2.16. The highest BCUT2D eigenvalue weighted by atomic mass is 35.5. The predicted octanol–water partition coefficient (Wildman–Crippen LogP) is 2.70. The van der Waals surface area contributed by atoms with Gasteiger partial charge in [-0.05, 0) is 23.9 Å². The molecule has 6 heteroatoms. The normalized spacial score (nSPS) is 9.86. The fourth-order valence-corrected chi connectivity index (χ4v) is 1.80. The van der Waals surface area contributed by atoms with Crippen molar-refractivity contribution in [1.82, 2.24) is 0 Å². The van der Waals surface area contributed by atoms with Crippen molar-refractivity contribution in [2.45, 2.75) is 4.90 Å². The Morgan fingerprint density at radius 1 is 1.57 bits per heavy atom. The van der Waals surface area contributed by atoms with Gasteiger partial charge in [-0.1, -0.05) is 0 Å². The first kappa shape index (κ1) is 11.0. The Kier molecular flexibility index (Phi) is 3.49. The molecule has 1 rings (SSSR count). The van der Waals surface area contributed by atoms with Gasteiger partial charge < -0.3 is 0 Å². The molecule has 0 aromatic heterocycles. The lowest BCUT2D eigenvalue weighted by molar-refractivity contribution is -0.385. The summed E-state index contributed by atoms with van der Waals surface area (Å²) in [4.78, 5) is 21.3. The number of carbonyl (C=O) groups excluding carboxylic acids is 1. The Labute approximate surface area is 89.4 Å². The van der Waals surface area contributed by atoms with Gasteiger partial charge in [-0.25, -0.2) is 0 Å². The molecule has 0 bridgehead atoms. The Hall–Kier alpha value is -1.07. The molecule has 0 aliphatic rings. The molecule has 1 aromatic carbocycles. The Bertz CT molecular complexity index is 394. The number of carbonyl (C=O) groups is 1. The number of hydrogen-bond donors (Lipinski definition) is 0. The third-order valence-electron chi connectivity index (χ3n) is 1.61. The smallest absolute Gasteiger partial charge is 0.270 e. The number of rotatable bonds is 3. The van der Waals surface area contributed by atoms with Crippen LogP contribution in [0.15, 0.2) is 23.1 Å². The number of thioether (sulfide) groups is 1. The minimum Gasteiger partial charge on any atom is -0.276 e. The summed E-state index contributed by atoms with van der Waals surface area (Å²) in [5, 5.41) is 9.82. The van der Waals surface area contributed by atoms with E-state index in [1.165, 1.54) is 30.0 Å². The van der Waals surface area contributed by atoms with E-state index in [1.807, 2.05) is 0 Å². The number of benzene rings is 1. The molecule has 14 heavy (non-hydrogen) atoms. The lowest BCUT2D eigenvalue weighted by Crippen LogP contribution is -1.94. The number of halogens is 1. The van der Waals surface area contributed by atoms with Crippen LogP contribution in [-0.4, -0.2) is 16.4 Å². The van der Waals surface area contributed by atoms with Crippen molar-refractivity contribution < 1.29 is 9.72 Å². The molecule has 0 saturated heterocycles. The molecule has 0 aliphatic carbocycles. The van der Waals surface area contributed by atoms with Crippen molar-refractivity contribution in [1.29, 1.82) is 0 Å². The molecule has 0 aliphatic heterocycles. The van der Waals surface area contributed by atoms with E-state index in [1.54, 1.807) is 6.26 Å². The highest BCUT2D eigenvalue weighted by Crippen LogP contribution is 2.26. The average molecular weight is 232 g/mol. The summed E-state index contributed by atoms with van der Waals surface area (Å²) in [6.07, 6.45) is 1.72. The fraction of sp³-hybridized carbons (Fsp3) is 0.125. The number of non-ortho nitro benzene ring substituents is 1. The van der Waals surface area contributed by atoms with Gasteiger partial charge in [0.2, 0.25) is 0 Å². The van der Waals surface area contributed by atoms with Gasteiger partial charge in [0.1, 0.15) is 0 Å². The van der Waals surface area contributed by atoms with Crippen LogP contribution in [0.3, 0.4) is 0 Å². The molecule has 74 valence electrons. The molecule has 4 nitrogen and oxygen atoms in total. The number of hydrogen-bond acceptors (Lipinski definition) is 4. The van der Waals surface area contributed by atoms with Gasteiger partial charge in [-0.3, -0.25) is 14.9 Å². The third kappa shape index (κ3) is 2.24. The summed E-state index contributed by atoms with van der Waals surface area (Å²) >= 11 is 6.54. The van der Waals surface area contributed by atoms with Crippen LogP contribution in [0.25, 0.3) is 0 Å². The van der Waals surface area contributed by atoms with Gasteiger partial charge >= 0.3 is 0 Å². The van der Waals surface area contributed by atoms with Crippen molar-refractivity contribution >= 4 is 34.3 Å². The van der Waals surface area contributed by atoms with Gasteiger partial charge in [-0.2, -0.15) is 0 Å². The summed E-state index contributed by atoms with van der Waals surface area (Å²) in [5.74, 6) is 0. The molecule has 0 atom stereocenters. The Morgan fingerprint density at radius 2 is 2.21 bits per heavy atom. The van der Waals surface area contributed by atoms with Gasteiger partial charge in [0, 0.05) is 22.6 Å². The van der Waals surface area contributed by atoms with Crippen molar-refractivity contribution in [2.24, 2.45) is 0 Å². The molecule has 0 amide bonds. The van der Waals surface area contributed by atoms with Crippen LogP contribution in [0.5, 0.6) is 0 Å². The molecule has 0 radical (unpaired) electrons. The van der Waals surface area contributed by atoms with E-state index in [-0.39, 0.29) is 5.69 Å². The van der Waals surface area contributed by atoms with Crippen molar-refractivity contribution in [3.8, 4) is 0 Å². The first-order valence-corrected chi connectivity index (χ1v) is 5.18. The van der Waals surface area contributed by atoms with Crippen LogP contribution in [-0.2, 0) is 0 Å². The minimum absolute atomic E-state index is 0.0454. The van der Waals surface area contributed by atoms with Gasteiger partial charge in [-0.15, -0.1) is 11.8 Å². The third-order valence-corrected chi connectivity index (χ3v) is 2.59. The number of nitro benzene ring substituents is 1. The Morgan fingerprint density at radius 3 is 2.64 bits per heavy atom. The maximum atomic E-state index is 10.9. The summed E-state index contributed by atoms with van der Waals surface area (Å²) in [6, 6.07) is 3.95. The molecule has 0 unspecified atom stereocenters. The van der Waals surface area contributed by atoms with Gasteiger partial charge in [0.25, 0.3) is 10.9 Å². The zero-order chi connectivity index (χ0) is 10.7. The highest BCUT2D eigenvalue weighted by molar-refractivity contribution is 7.98. The van der Waals surface area contributed by atoms with Crippen LogP contribution < -0.4 is 0 Å². The zero-order valence-corrected chi connectivity index (χ0v) is 8.76. The first-order valence-electron chi connectivity index (χ1n) is 3.58. The fourth-order valence-electron chi connectivity index (χ4n) is 0.956. The maximum Gasteiger partial charge on any atom is 0.270 e. The molecule has 1 aromatic rings. The maximum absolute atomic E-state index is 10.9. The summed E-state index contributed by atoms with van der Waals surface area (Å²) in [7, 11) is 0. The Balaban J connectivity index is 3.25. The van der Waals surface area contributed by atoms with E-state index in [9.17, 15) is 14.9 Å². The quantitative estimate of drug-likeness (QED) is 0.347. The van der Waals surface area contributed by atoms with E-state index in [4.69, 9.17) is 11.6 Å². The zero-order valence-electron chi connectivity index (χ0n) is 7.19. The van der Waals surface area contributed by atoms with E-state index in [0.717, 1.165) is 0 Å². The second-order valence-corrected chi connectivity index (χ2v) is 3.61. The topological polar surface area (TPSA) is 60.2 Å². The molecule has 0 fully saturated rings. The van der Waals surface area contributed by atoms with Crippen LogP contribution in [0.4, 0.5) is 5.69 Å². The van der Waals surface area contributed by atoms with E-state index >= 15 is 0 Å².